The van der Waals surface area contributed by atoms with E-state index in [1.807, 2.05) is 38.1 Å². The Balaban J connectivity index is 2.42. The second-order valence-electron chi connectivity index (χ2n) is 4.23. The number of hydrogen-bond acceptors (Lipinski definition) is 1. The molecule has 0 aliphatic carbocycles. The molecule has 0 bridgehead atoms. The van der Waals surface area contributed by atoms with E-state index in [1.165, 1.54) is 5.56 Å². The molecule has 94 valence electrons. The van der Waals surface area contributed by atoms with Gasteiger partial charge in [-0.15, -0.1) is 0 Å². The Morgan fingerprint density at radius 3 is 2.67 bits per heavy atom. The van der Waals surface area contributed by atoms with Gasteiger partial charge in [-0.25, -0.2) is 0 Å². The van der Waals surface area contributed by atoms with Gasteiger partial charge in [0.2, 0.25) is 0 Å². The lowest BCUT2D eigenvalue weighted by atomic mass is 10.1. The lowest BCUT2D eigenvalue weighted by Gasteiger charge is -2.13. The van der Waals surface area contributed by atoms with Crippen molar-refractivity contribution >= 4 is 27.5 Å². The molecule has 0 fully saturated rings. The average molecular weight is 326 g/mol. The Kier molecular flexibility index (Phi) is 4.31. The van der Waals surface area contributed by atoms with Crippen LogP contribution in [0.15, 0.2) is 36.4 Å². The zero-order chi connectivity index (χ0) is 13.1. The standard InChI is InChI=1S/C15H14BrClO/c1-10-6-7-11(2)14(8-10)18-15-12(9-16)4-3-5-13(15)17/h3-8H,9H2,1-2H3. The molecule has 0 unspecified atom stereocenters. The Hall–Kier alpha value is -0.990. The molecule has 3 heteroatoms. The molecule has 0 atom stereocenters. The molecule has 2 rings (SSSR count). The third kappa shape index (κ3) is 2.88. The first-order chi connectivity index (χ1) is 8.61. The van der Waals surface area contributed by atoms with Crippen LogP contribution in [-0.4, -0.2) is 0 Å². The van der Waals surface area contributed by atoms with Crippen LogP contribution >= 0.6 is 27.5 Å². The second-order valence-corrected chi connectivity index (χ2v) is 5.20. The van der Waals surface area contributed by atoms with E-state index in [9.17, 15) is 0 Å². The van der Waals surface area contributed by atoms with Gasteiger partial charge in [0, 0.05) is 10.9 Å². The summed E-state index contributed by atoms with van der Waals surface area (Å²) in [5.41, 5.74) is 3.31. The highest BCUT2D eigenvalue weighted by molar-refractivity contribution is 9.08. The molecule has 2 aromatic rings. The van der Waals surface area contributed by atoms with Gasteiger partial charge in [0.05, 0.1) is 5.02 Å². The lowest BCUT2D eigenvalue weighted by Crippen LogP contribution is -1.93. The Bertz CT molecular complexity index is 566. The summed E-state index contributed by atoms with van der Waals surface area (Å²) in [6.07, 6.45) is 0. The number of aryl methyl sites for hydroxylation is 2. The van der Waals surface area contributed by atoms with Crippen molar-refractivity contribution in [2.24, 2.45) is 0 Å². The van der Waals surface area contributed by atoms with Crippen LogP contribution in [0.2, 0.25) is 5.02 Å². The van der Waals surface area contributed by atoms with Gasteiger partial charge in [0.15, 0.2) is 0 Å². The first kappa shape index (κ1) is 13.4. The lowest BCUT2D eigenvalue weighted by molar-refractivity contribution is 0.475. The first-order valence-electron chi connectivity index (χ1n) is 5.70. The van der Waals surface area contributed by atoms with Crippen molar-refractivity contribution in [1.29, 1.82) is 0 Å². The molecule has 0 saturated carbocycles. The van der Waals surface area contributed by atoms with Crippen LogP contribution in [0.5, 0.6) is 11.5 Å². The van der Waals surface area contributed by atoms with Crippen LogP contribution in [0.25, 0.3) is 0 Å². The fourth-order valence-electron chi connectivity index (χ4n) is 1.70. The molecule has 0 amide bonds. The van der Waals surface area contributed by atoms with E-state index < -0.39 is 0 Å². The minimum absolute atomic E-state index is 0.632. The molecule has 1 nitrogen and oxygen atoms in total. The zero-order valence-electron chi connectivity index (χ0n) is 10.3. The van der Waals surface area contributed by atoms with Crippen molar-refractivity contribution in [2.75, 3.05) is 0 Å². The van der Waals surface area contributed by atoms with Gasteiger partial charge < -0.3 is 4.74 Å². The van der Waals surface area contributed by atoms with E-state index in [0.717, 1.165) is 22.6 Å². The fourth-order valence-corrected chi connectivity index (χ4v) is 2.37. The monoisotopic (exact) mass is 324 g/mol. The predicted molar refractivity (Wildman–Crippen MR) is 80.1 cm³/mol. The molecule has 0 heterocycles. The van der Waals surface area contributed by atoms with Gasteiger partial charge in [-0.2, -0.15) is 0 Å². The van der Waals surface area contributed by atoms with Crippen LogP contribution < -0.4 is 4.74 Å². The van der Waals surface area contributed by atoms with Crippen LogP contribution in [0.4, 0.5) is 0 Å². The first-order valence-corrected chi connectivity index (χ1v) is 7.20. The number of benzene rings is 2. The number of rotatable bonds is 3. The molecule has 0 aromatic heterocycles. The largest absolute Gasteiger partial charge is 0.455 e. The molecule has 0 spiro atoms. The molecular formula is C15H14BrClO. The van der Waals surface area contributed by atoms with E-state index in [4.69, 9.17) is 16.3 Å². The van der Waals surface area contributed by atoms with Crippen molar-refractivity contribution in [2.45, 2.75) is 19.2 Å². The smallest absolute Gasteiger partial charge is 0.150 e. The van der Waals surface area contributed by atoms with Gasteiger partial charge in [0.25, 0.3) is 0 Å². The van der Waals surface area contributed by atoms with Crippen molar-refractivity contribution in [3.8, 4) is 11.5 Å². The SMILES string of the molecule is Cc1ccc(C)c(Oc2c(Cl)cccc2CBr)c1. The van der Waals surface area contributed by atoms with Crippen molar-refractivity contribution in [3.63, 3.8) is 0 Å². The van der Waals surface area contributed by atoms with Gasteiger partial charge in [-0.1, -0.05) is 51.8 Å². The Morgan fingerprint density at radius 1 is 1.17 bits per heavy atom. The maximum atomic E-state index is 6.20. The van der Waals surface area contributed by atoms with Gasteiger partial charge >= 0.3 is 0 Å². The minimum atomic E-state index is 0.632. The van der Waals surface area contributed by atoms with Gasteiger partial charge in [-0.3, -0.25) is 0 Å². The van der Waals surface area contributed by atoms with Crippen LogP contribution in [0.1, 0.15) is 16.7 Å². The van der Waals surface area contributed by atoms with Crippen molar-refractivity contribution in [1.82, 2.24) is 0 Å². The zero-order valence-corrected chi connectivity index (χ0v) is 12.7. The summed E-state index contributed by atoms with van der Waals surface area (Å²) < 4.78 is 5.98. The summed E-state index contributed by atoms with van der Waals surface area (Å²) in [6, 6.07) is 11.9. The summed E-state index contributed by atoms with van der Waals surface area (Å²) in [5, 5.41) is 1.35. The number of para-hydroxylation sites is 1. The third-order valence-electron chi connectivity index (χ3n) is 2.75. The van der Waals surface area contributed by atoms with E-state index >= 15 is 0 Å². The Morgan fingerprint density at radius 2 is 1.94 bits per heavy atom. The van der Waals surface area contributed by atoms with Crippen LogP contribution in [0.3, 0.4) is 0 Å². The maximum absolute atomic E-state index is 6.20. The average Bonchev–Trinajstić information content (AvgIpc) is 2.36. The number of alkyl halides is 1. The molecule has 2 aromatic carbocycles. The molecule has 0 aliphatic heterocycles. The Labute approximate surface area is 121 Å². The highest BCUT2D eigenvalue weighted by atomic mass is 79.9. The summed E-state index contributed by atoms with van der Waals surface area (Å²) in [5.74, 6) is 1.58. The summed E-state index contributed by atoms with van der Waals surface area (Å²) in [4.78, 5) is 0. The highest BCUT2D eigenvalue weighted by Crippen LogP contribution is 2.35. The quantitative estimate of drug-likeness (QED) is 0.663. The summed E-state index contributed by atoms with van der Waals surface area (Å²) in [6.45, 7) is 4.07. The number of halogens is 2. The summed E-state index contributed by atoms with van der Waals surface area (Å²) >= 11 is 9.65. The molecule has 0 radical (unpaired) electrons. The topological polar surface area (TPSA) is 9.23 Å². The van der Waals surface area contributed by atoms with E-state index in [2.05, 4.69) is 28.1 Å². The third-order valence-corrected chi connectivity index (χ3v) is 3.65. The van der Waals surface area contributed by atoms with Crippen LogP contribution in [-0.2, 0) is 5.33 Å². The van der Waals surface area contributed by atoms with Crippen molar-refractivity contribution < 1.29 is 4.74 Å². The molecule has 18 heavy (non-hydrogen) atoms. The maximum Gasteiger partial charge on any atom is 0.150 e. The van der Waals surface area contributed by atoms with Gasteiger partial charge in [-0.05, 0) is 37.1 Å². The molecule has 0 saturated heterocycles. The van der Waals surface area contributed by atoms with Crippen LogP contribution in [0, 0.1) is 13.8 Å². The normalized spacial score (nSPS) is 10.4. The van der Waals surface area contributed by atoms with E-state index in [1.54, 1.807) is 0 Å². The second kappa shape index (κ2) is 5.77. The summed E-state index contributed by atoms with van der Waals surface area (Å²) in [7, 11) is 0. The fraction of sp³-hybridized carbons (Fsp3) is 0.200. The van der Waals surface area contributed by atoms with E-state index in [0.29, 0.717) is 10.4 Å². The van der Waals surface area contributed by atoms with Gasteiger partial charge in [0.1, 0.15) is 11.5 Å². The number of ether oxygens (including phenoxy) is 1. The molecule has 0 N–H and O–H groups in total. The van der Waals surface area contributed by atoms with Crippen molar-refractivity contribution in [3.05, 3.63) is 58.1 Å². The number of hydrogen-bond donors (Lipinski definition) is 0. The molecular weight excluding hydrogens is 312 g/mol. The molecule has 0 aliphatic rings. The predicted octanol–water partition coefficient (Wildman–Crippen LogP) is 5.64. The minimum Gasteiger partial charge on any atom is -0.455 e. The highest BCUT2D eigenvalue weighted by Gasteiger charge is 2.10. The van der Waals surface area contributed by atoms with E-state index in [-0.39, 0.29) is 0 Å².